The van der Waals surface area contributed by atoms with Gasteiger partial charge in [0.2, 0.25) is 0 Å². The molecule has 1 aliphatic rings. The number of hydrogen-bond donors (Lipinski definition) is 0. The summed E-state index contributed by atoms with van der Waals surface area (Å²) in [5, 5.41) is 0. The van der Waals surface area contributed by atoms with Crippen LogP contribution < -0.4 is 9.47 Å². The summed E-state index contributed by atoms with van der Waals surface area (Å²) in [5.41, 5.74) is 3.65. The highest BCUT2D eigenvalue weighted by molar-refractivity contribution is 6.14. The number of unbranched alkanes of at least 4 members (excludes halogenated alkanes) is 2. The Kier molecular flexibility index (Phi) is 9.12. The Bertz CT molecular complexity index is 851. The van der Waals surface area contributed by atoms with Crippen molar-refractivity contribution in [2.75, 3.05) is 33.4 Å². The third-order valence-corrected chi connectivity index (χ3v) is 5.44. The molecule has 1 aliphatic heterocycles. The molecule has 32 heavy (non-hydrogen) atoms. The highest BCUT2D eigenvalue weighted by atomic mass is 16.5. The molecule has 0 spiro atoms. The number of hydrogen-bond acceptors (Lipinski definition) is 4. The van der Waals surface area contributed by atoms with E-state index in [0.717, 1.165) is 72.7 Å². The third kappa shape index (κ3) is 7.10. The summed E-state index contributed by atoms with van der Waals surface area (Å²) in [6.45, 7) is 7.07. The summed E-state index contributed by atoms with van der Waals surface area (Å²) < 4.78 is 11.5. The molecular formula is C28H35NO3. The van der Waals surface area contributed by atoms with Gasteiger partial charge in [0.15, 0.2) is 5.78 Å². The monoisotopic (exact) mass is 433 g/mol. The summed E-state index contributed by atoms with van der Waals surface area (Å²) in [4.78, 5) is 15.3. The molecule has 0 aromatic heterocycles. The first kappa shape index (κ1) is 23.8. The van der Waals surface area contributed by atoms with Crippen molar-refractivity contribution in [1.29, 1.82) is 0 Å². The maximum Gasteiger partial charge on any atom is 0.187 e. The number of likely N-dealkylation sites (tertiary alicyclic amines) is 1. The van der Waals surface area contributed by atoms with Crippen LogP contribution in [0.25, 0.3) is 12.2 Å². The average molecular weight is 434 g/mol. The molecule has 3 rings (SSSR count). The van der Waals surface area contributed by atoms with Crippen LogP contribution in [0.15, 0.2) is 59.7 Å². The first-order valence-corrected chi connectivity index (χ1v) is 11.7. The van der Waals surface area contributed by atoms with Crippen LogP contribution in [0.5, 0.6) is 11.5 Å². The predicted molar refractivity (Wildman–Crippen MR) is 132 cm³/mol. The van der Waals surface area contributed by atoms with E-state index in [9.17, 15) is 4.79 Å². The Balaban J connectivity index is 1.70. The fourth-order valence-corrected chi connectivity index (χ4v) is 3.60. The van der Waals surface area contributed by atoms with Crippen LogP contribution in [0.2, 0.25) is 0 Å². The van der Waals surface area contributed by atoms with E-state index in [1.54, 1.807) is 0 Å². The summed E-state index contributed by atoms with van der Waals surface area (Å²) in [6.07, 6.45) is 8.32. The van der Waals surface area contributed by atoms with Crippen molar-refractivity contribution in [3.63, 3.8) is 0 Å². The fraction of sp³-hybridized carbons (Fsp3) is 0.393. The number of piperidine rings is 1. The van der Waals surface area contributed by atoms with E-state index < -0.39 is 0 Å². The fourth-order valence-electron chi connectivity index (χ4n) is 3.60. The third-order valence-electron chi connectivity index (χ3n) is 5.44. The van der Waals surface area contributed by atoms with Crippen LogP contribution in [-0.4, -0.2) is 44.0 Å². The Morgan fingerprint density at radius 2 is 1.16 bits per heavy atom. The van der Waals surface area contributed by atoms with Crippen molar-refractivity contribution in [3.05, 3.63) is 70.8 Å². The molecule has 1 saturated heterocycles. The van der Waals surface area contributed by atoms with Gasteiger partial charge in [0.25, 0.3) is 0 Å². The second kappa shape index (κ2) is 12.3. The van der Waals surface area contributed by atoms with E-state index in [0.29, 0.717) is 13.1 Å². The topological polar surface area (TPSA) is 38.8 Å². The summed E-state index contributed by atoms with van der Waals surface area (Å²) in [6, 6.07) is 15.9. The molecule has 0 amide bonds. The number of benzene rings is 2. The molecule has 1 fully saturated rings. The van der Waals surface area contributed by atoms with Gasteiger partial charge in [0.05, 0.1) is 13.2 Å². The number of likely N-dealkylation sites (N-methyl/N-ethyl adjacent to an activating group) is 1. The van der Waals surface area contributed by atoms with E-state index in [1.165, 1.54) is 0 Å². The van der Waals surface area contributed by atoms with Crippen molar-refractivity contribution in [3.8, 4) is 11.5 Å². The molecule has 0 unspecified atom stereocenters. The van der Waals surface area contributed by atoms with Crippen molar-refractivity contribution in [2.45, 2.75) is 39.5 Å². The molecule has 0 atom stereocenters. The normalized spacial score (nSPS) is 17.2. The SMILES string of the molecule is CCCCOc1ccc(/C=C2/CN(C)C/C(=C/c3ccc(OCCCC)cc3)C2=O)cc1. The smallest absolute Gasteiger partial charge is 0.187 e. The lowest BCUT2D eigenvalue weighted by molar-refractivity contribution is -0.113. The molecule has 0 saturated carbocycles. The number of nitrogens with zero attached hydrogens (tertiary/aromatic N) is 1. The minimum atomic E-state index is 0.120. The van der Waals surface area contributed by atoms with Gasteiger partial charge >= 0.3 is 0 Å². The van der Waals surface area contributed by atoms with Crippen LogP contribution in [-0.2, 0) is 4.79 Å². The number of ether oxygens (including phenoxy) is 2. The van der Waals surface area contributed by atoms with Gasteiger partial charge in [0.1, 0.15) is 11.5 Å². The van der Waals surface area contributed by atoms with E-state index in [-0.39, 0.29) is 5.78 Å². The molecule has 4 heteroatoms. The first-order chi connectivity index (χ1) is 15.6. The van der Waals surface area contributed by atoms with Gasteiger partial charge in [-0.15, -0.1) is 0 Å². The van der Waals surface area contributed by atoms with Crippen molar-refractivity contribution >= 4 is 17.9 Å². The van der Waals surface area contributed by atoms with Gasteiger partial charge in [-0.25, -0.2) is 0 Å². The Morgan fingerprint density at radius 1 is 0.750 bits per heavy atom. The molecule has 0 radical (unpaired) electrons. The molecular weight excluding hydrogens is 398 g/mol. The van der Waals surface area contributed by atoms with E-state index in [4.69, 9.17) is 9.47 Å². The van der Waals surface area contributed by atoms with Gasteiger partial charge in [-0.05, 0) is 67.4 Å². The molecule has 0 N–H and O–H groups in total. The zero-order valence-electron chi connectivity index (χ0n) is 19.6. The highest BCUT2D eigenvalue weighted by Crippen LogP contribution is 2.23. The van der Waals surface area contributed by atoms with E-state index in [2.05, 4.69) is 18.7 Å². The standard InChI is InChI=1S/C28H35NO3/c1-4-6-16-31-26-12-8-22(9-13-26)18-24-20-29(3)21-25(28(24)30)19-23-10-14-27(15-11-23)32-17-7-5-2/h8-15,18-19H,4-7,16-17,20-21H2,1-3H3/b24-18-,25-19-. The number of rotatable bonds is 10. The minimum Gasteiger partial charge on any atom is -0.494 e. The zero-order valence-corrected chi connectivity index (χ0v) is 19.6. The van der Waals surface area contributed by atoms with Crippen molar-refractivity contribution < 1.29 is 14.3 Å². The zero-order chi connectivity index (χ0) is 22.8. The number of ketones is 1. The average Bonchev–Trinajstić information content (AvgIpc) is 2.79. The second-order valence-corrected chi connectivity index (χ2v) is 8.38. The highest BCUT2D eigenvalue weighted by Gasteiger charge is 2.23. The summed E-state index contributed by atoms with van der Waals surface area (Å²) in [5.74, 6) is 1.86. The van der Waals surface area contributed by atoms with Crippen LogP contribution in [0.1, 0.15) is 50.7 Å². The van der Waals surface area contributed by atoms with Crippen molar-refractivity contribution in [1.82, 2.24) is 4.90 Å². The molecule has 4 nitrogen and oxygen atoms in total. The molecule has 2 aromatic rings. The number of carbonyl (C=O) groups excluding carboxylic acids is 1. The lowest BCUT2D eigenvalue weighted by atomic mass is 9.94. The second-order valence-electron chi connectivity index (χ2n) is 8.38. The van der Waals surface area contributed by atoms with Crippen LogP contribution in [0.3, 0.4) is 0 Å². The van der Waals surface area contributed by atoms with Gasteiger partial charge < -0.3 is 9.47 Å². The van der Waals surface area contributed by atoms with Crippen LogP contribution in [0, 0.1) is 0 Å². The largest absolute Gasteiger partial charge is 0.494 e. The Morgan fingerprint density at radius 3 is 1.53 bits per heavy atom. The van der Waals surface area contributed by atoms with Gasteiger partial charge in [0, 0.05) is 24.2 Å². The molecule has 0 aliphatic carbocycles. The summed E-state index contributed by atoms with van der Waals surface area (Å²) in [7, 11) is 2.05. The van der Waals surface area contributed by atoms with Crippen LogP contribution >= 0.6 is 0 Å². The molecule has 170 valence electrons. The number of Topliss-reactive ketones (excluding diaryl/α,β-unsaturated/α-hetero) is 1. The van der Waals surface area contributed by atoms with Gasteiger partial charge in [-0.3, -0.25) is 9.69 Å². The molecule has 1 heterocycles. The maximum atomic E-state index is 13.1. The quantitative estimate of drug-likeness (QED) is 0.339. The van der Waals surface area contributed by atoms with Crippen LogP contribution in [0.4, 0.5) is 0 Å². The molecule has 0 bridgehead atoms. The Labute approximate surface area is 192 Å². The van der Waals surface area contributed by atoms with E-state index >= 15 is 0 Å². The van der Waals surface area contributed by atoms with Crippen molar-refractivity contribution in [2.24, 2.45) is 0 Å². The number of carbonyl (C=O) groups is 1. The minimum absolute atomic E-state index is 0.120. The first-order valence-electron chi connectivity index (χ1n) is 11.7. The lowest BCUT2D eigenvalue weighted by Crippen LogP contribution is -2.34. The van der Waals surface area contributed by atoms with Gasteiger partial charge in [-0.1, -0.05) is 51.0 Å². The van der Waals surface area contributed by atoms with E-state index in [1.807, 2.05) is 67.7 Å². The summed E-state index contributed by atoms with van der Waals surface area (Å²) >= 11 is 0. The molecule has 2 aromatic carbocycles. The predicted octanol–water partition coefficient (Wildman–Crippen LogP) is 6.03. The lowest BCUT2D eigenvalue weighted by Gasteiger charge is -2.26. The Hall–Kier alpha value is -2.85. The van der Waals surface area contributed by atoms with Gasteiger partial charge in [-0.2, -0.15) is 0 Å². The maximum absolute atomic E-state index is 13.1.